The van der Waals surface area contributed by atoms with Crippen LogP contribution < -0.4 is 5.32 Å². The van der Waals surface area contributed by atoms with E-state index in [0.717, 1.165) is 34.4 Å². The summed E-state index contributed by atoms with van der Waals surface area (Å²) < 4.78 is 13.1. The van der Waals surface area contributed by atoms with Crippen molar-refractivity contribution in [3.05, 3.63) is 48.5 Å². The fourth-order valence-electron chi connectivity index (χ4n) is 2.31. The van der Waals surface area contributed by atoms with E-state index >= 15 is 0 Å². The molecule has 0 fully saturated rings. The molecule has 2 N–H and O–H groups in total. The maximum atomic E-state index is 13.1. The first-order valence-corrected chi connectivity index (χ1v) is 7.10. The van der Waals surface area contributed by atoms with Crippen molar-refractivity contribution in [3.63, 3.8) is 0 Å². The Morgan fingerprint density at radius 1 is 1.14 bits per heavy atom. The van der Waals surface area contributed by atoms with Gasteiger partial charge in [-0.3, -0.25) is 0 Å². The van der Waals surface area contributed by atoms with Gasteiger partial charge in [-0.25, -0.2) is 9.37 Å². The van der Waals surface area contributed by atoms with Crippen molar-refractivity contribution in [3.8, 4) is 11.1 Å². The van der Waals surface area contributed by atoms with Crippen molar-refractivity contribution in [1.29, 1.82) is 0 Å². The van der Waals surface area contributed by atoms with Crippen molar-refractivity contribution in [2.45, 2.75) is 13.8 Å². The van der Waals surface area contributed by atoms with Gasteiger partial charge in [0.05, 0.1) is 17.5 Å². The van der Waals surface area contributed by atoms with E-state index in [9.17, 15) is 4.39 Å². The molecule has 0 unspecified atom stereocenters. The van der Waals surface area contributed by atoms with Gasteiger partial charge in [0, 0.05) is 6.54 Å². The lowest BCUT2D eigenvalue weighted by Gasteiger charge is -2.12. The van der Waals surface area contributed by atoms with Crippen molar-refractivity contribution >= 4 is 16.7 Å². The minimum atomic E-state index is -0.223. The number of benzene rings is 2. The van der Waals surface area contributed by atoms with Gasteiger partial charge in [0.1, 0.15) is 11.3 Å². The summed E-state index contributed by atoms with van der Waals surface area (Å²) in [6, 6.07) is 10.6. The Morgan fingerprint density at radius 2 is 1.90 bits per heavy atom. The fourth-order valence-corrected chi connectivity index (χ4v) is 2.31. The summed E-state index contributed by atoms with van der Waals surface area (Å²) in [6.45, 7) is 5.21. The predicted octanol–water partition coefficient (Wildman–Crippen LogP) is 4.44. The molecule has 1 heterocycles. The van der Waals surface area contributed by atoms with Crippen LogP contribution >= 0.6 is 0 Å². The molecule has 108 valence electrons. The second-order valence-corrected chi connectivity index (χ2v) is 5.60. The molecule has 0 aliphatic rings. The Morgan fingerprint density at radius 3 is 2.62 bits per heavy atom. The van der Waals surface area contributed by atoms with E-state index in [2.05, 4.69) is 35.2 Å². The third-order valence-electron chi connectivity index (χ3n) is 3.40. The van der Waals surface area contributed by atoms with Gasteiger partial charge in [0.25, 0.3) is 0 Å². The number of anilines is 1. The van der Waals surface area contributed by atoms with Gasteiger partial charge in [0.15, 0.2) is 0 Å². The molecule has 0 atom stereocenters. The monoisotopic (exact) mass is 283 g/mol. The van der Waals surface area contributed by atoms with Gasteiger partial charge in [-0.2, -0.15) is 0 Å². The Labute approximate surface area is 123 Å². The first-order chi connectivity index (χ1) is 10.1. The van der Waals surface area contributed by atoms with E-state index in [1.54, 1.807) is 18.5 Å². The zero-order chi connectivity index (χ0) is 14.8. The number of nitrogens with one attached hydrogen (secondary N) is 2. The highest BCUT2D eigenvalue weighted by Crippen LogP contribution is 2.29. The highest BCUT2D eigenvalue weighted by molar-refractivity contribution is 5.92. The van der Waals surface area contributed by atoms with Crippen LogP contribution in [0, 0.1) is 11.7 Å². The van der Waals surface area contributed by atoms with Gasteiger partial charge >= 0.3 is 0 Å². The van der Waals surface area contributed by atoms with Crippen LogP contribution in [0.4, 0.5) is 10.1 Å². The smallest absolute Gasteiger partial charge is 0.123 e. The number of rotatable bonds is 4. The standard InChI is InChI=1S/C17H18FN3/c1-11(2)9-19-15-7-13(8-16-17(15)21-10-20-16)12-3-5-14(18)6-4-12/h3-8,10-11,19H,9H2,1-2H3,(H,20,21). The fraction of sp³-hybridized carbons (Fsp3) is 0.235. The van der Waals surface area contributed by atoms with Crippen LogP contribution in [0.1, 0.15) is 13.8 Å². The lowest BCUT2D eigenvalue weighted by molar-refractivity contribution is 0.628. The molecule has 0 spiro atoms. The van der Waals surface area contributed by atoms with Crippen LogP contribution in [-0.2, 0) is 0 Å². The van der Waals surface area contributed by atoms with E-state index < -0.39 is 0 Å². The first-order valence-electron chi connectivity index (χ1n) is 7.10. The molecule has 3 nitrogen and oxygen atoms in total. The maximum Gasteiger partial charge on any atom is 0.123 e. The second-order valence-electron chi connectivity index (χ2n) is 5.60. The van der Waals surface area contributed by atoms with Gasteiger partial charge in [-0.1, -0.05) is 26.0 Å². The van der Waals surface area contributed by atoms with Crippen molar-refractivity contribution in [2.24, 2.45) is 5.92 Å². The molecule has 0 amide bonds. The molecule has 0 radical (unpaired) electrons. The SMILES string of the molecule is CC(C)CNc1cc(-c2ccc(F)cc2)cc2[nH]cnc12. The summed E-state index contributed by atoms with van der Waals surface area (Å²) in [7, 11) is 0. The summed E-state index contributed by atoms with van der Waals surface area (Å²) in [4.78, 5) is 7.51. The van der Waals surface area contributed by atoms with Crippen LogP contribution in [-0.4, -0.2) is 16.5 Å². The minimum Gasteiger partial charge on any atom is -0.383 e. The highest BCUT2D eigenvalue weighted by Gasteiger charge is 2.08. The zero-order valence-corrected chi connectivity index (χ0v) is 12.2. The number of aromatic amines is 1. The quantitative estimate of drug-likeness (QED) is 0.743. The van der Waals surface area contributed by atoms with E-state index in [-0.39, 0.29) is 5.82 Å². The van der Waals surface area contributed by atoms with E-state index in [0.29, 0.717) is 5.92 Å². The molecule has 21 heavy (non-hydrogen) atoms. The Balaban J connectivity index is 2.05. The first kappa shape index (κ1) is 13.6. The predicted molar refractivity (Wildman–Crippen MR) is 84.8 cm³/mol. The third-order valence-corrected chi connectivity index (χ3v) is 3.40. The average molecular weight is 283 g/mol. The van der Waals surface area contributed by atoms with Crippen molar-refractivity contribution in [2.75, 3.05) is 11.9 Å². The maximum absolute atomic E-state index is 13.1. The van der Waals surface area contributed by atoms with Gasteiger partial charge in [-0.15, -0.1) is 0 Å². The molecule has 0 saturated heterocycles. The number of H-pyrrole nitrogens is 1. The summed E-state index contributed by atoms with van der Waals surface area (Å²) in [5.41, 5.74) is 4.94. The molecule has 1 aromatic heterocycles. The minimum absolute atomic E-state index is 0.223. The highest BCUT2D eigenvalue weighted by atomic mass is 19.1. The van der Waals surface area contributed by atoms with Gasteiger partial charge in [-0.05, 0) is 41.3 Å². The molecule has 4 heteroatoms. The lowest BCUT2D eigenvalue weighted by atomic mass is 10.0. The van der Waals surface area contributed by atoms with Crippen LogP contribution in [0.25, 0.3) is 22.2 Å². The molecule has 0 bridgehead atoms. The number of nitrogens with zero attached hydrogens (tertiary/aromatic N) is 1. The largest absolute Gasteiger partial charge is 0.383 e. The molecule has 0 aliphatic carbocycles. The van der Waals surface area contributed by atoms with Crippen LogP contribution in [0.5, 0.6) is 0 Å². The zero-order valence-electron chi connectivity index (χ0n) is 12.2. The number of hydrogen-bond donors (Lipinski definition) is 2. The molecule has 3 rings (SSSR count). The second kappa shape index (κ2) is 5.56. The molecule has 0 aliphatic heterocycles. The summed E-state index contributed by atoms with van der Waals surface area (Å²) >= 11 is 0. The van der Waals surface area contributed by atoms with E-state index in [1.165, 1.54) is 12.1 Å². The Bertz CT molecular complexity index is 744. The van der Waals surface area contributed by atoms with Crippen molar-refractivity contribution in [1.82, 2.24) is 9.97 Å². The molecule has 2 aromatic carbocycles. The number of aromatic nitrogens is 2. The summed E-state index contributed by atoms with van der Waals surface area (Å²) in [5.74, 6) is 0.327. The third kappa shape index (κ3) is 2.89. The molecule has 0 saturated carbocycles. The van der Waals surface area contributed by atoms with Gasteiger partial charge < -0.3 is 10.3 Å². The number of halogens is 1. The van der Waals surface area contributed by atoms with E-state index in [4.69, 9.17) is 0 Å². The Hall–Kier alpha value is -2.36. The normalized spacial score (nSPS) is 11.2. The van der Waals surface area contributed by atoms with Crippen molar-refractivity contribution < 1.29 is 4.39 Å². The van der Waals surface area contributed by atoms with Gasteiger partial charge in [0.2, 0.25) is 0 Å². The molecule has 3 aromatic rings. The summed E-state index contributed by atoms with van der Waals surface area (Å²) in [6.07, 6.45) is 1.69. The molecular weight excluding hydrogens is 265 g/mol. The summed E-state index contributed by atoms with van der Waals surface area (Å²) in [5, 5.41) is 3.44. The number of fused-ring (bicyclic) bond motifs is 1. The number of imidazole rings is 1. The lowest BCUT2D eigenvalue weighted by Crippen LogP contribution is -2.08. The topological polar surface area (TPSA) is 40.7 Å². The average Bonchev–Trinajstić information content (AvgIpc) is 2.93. The Kier molecular flexibility index (Phi) is 3.60. The van der Waals surface area contributed by atoms with Crippen LogP contribution in [0.2, 0.25) is 0 Å². The van der Waals surface area contributed by atoms with Crippen LogP contribution in [0.15, 0.2) is 42.7 Å². The molecular formula is C17H18FN3. The van der Waals surface area contributed by atoms with E-state index in [1.807, 2.05) is 6.07 Å². The number of hydrogen-bond acceptors (Lipinski definition) is 2. The van der Waals surface area contributed by atoms with Crippen LogP contribution in [0.3, 0.4) is 0 Å².